The molecule has 0 heterocycles. The second kappa shape index (κ2) is 5.13. The zero-order chi connectivity index (χ0) is 10.6. The molecule has 0 saturated heterocycles. The van der Waals surface area contributed by atoms with Gasteiger partial charge in [0.25, 0.3) is 0 Å². The number of hydrogen-bond donors (Lipinski definition) is 1. The summed E-state index contributed by atoms with van der Waals surface area (Å²) in [6.07, 6.45) is 4.43. The highest BCUT2D eigenvalue weighted by atomic mass is 16.4. The molecule has 0 aromatic carbocycles. The summed E-state index contributed by atoms with van der Waals surface area (Å²) in [7, 11) is 0. The second-order valence-electron chi connectivity index (χ2n) is 4.23. The van der Waals surface area contributed by atoms with E-state index in [0.717, 1.165) is 25.7 Å². The van der Waals surface area contributed by atoms with E-state index in [1.54, 1.807) is 0 Å². The zero-order valence-corrected chi connectivity index (χ0v) is 8.66. The van der Waals surface area contributed by atoms with E-state index in [9.17, 15) is 9.59 Å². The van der Waals surface area contributed by atoms with E-state index >= 15 is 0 Å². The molecule has 1 fully saturated rings. The molecule has 1 rings (SSSR count). The van der Waals surface area contributed by atoms with Crippen molar-refractivity contribution in [3.05, 3.63) is 0 Å². The summed E-state index contributed by atoms with van der Waals surface area (Å²) in [6.45, 7) is 2.12. The lowest BCUT2D eigenvalue weighted by atomic mass is 9.91. The van der Waals surface area contributed by atoms with Gasteiger partial charge in [-0.3, -0.25) is 9.59 Å². The zero-order valence-electron chi connectivity index (χ0n) is 8.66. The fraction of sp³-hybridized carbons (Fsp3) is 0.818. The van der Waals surface area contributed by atoms with E-state index in [1.807, 2.05) is 0 Å². The number of ketones is 1. The van der Waals surface area contributed by atoms with Crippen molar-refractivity contribution < 1.29 is 14.7 Å². The van der Waals surface area contributed by atoms with Gasteiger partial charge in [0.15, 0.2) is 0 Å². The van der Waals surface area contributed by atoms with Gasteiger partial charge in [-0.15, -0.1) is 0 Å². The van der Waals surface area contributed by atoms with Crippen molar-refractivity contribution in [2.45, 2.75) is 45.4 Å². The summed E-state index contributed by atoms with van der Waals surface area (Å²) in [4.78, 5) is 21.7. The molecule has 0 aromatic rings. The topological polar surface area (TPSA) is 54.4 Å². The standard InChI is InChI=1S/C11H18O3/c1-8-6-7-10(12)9(8)4-2-3-5-11(13)14/h8-9H,2-7H2,1H3,(H,13,14)/t8-,9+/m0/s1. The maximum absolute atomic E-state index is 11.4. The van der Waals surface area contributed by atoms with Crippen LogP contribution in [0.1, 0.15) is 45.4 Å². The molecule has 1 aliphatic rings. The highest BCUT2D eigenvalue weighted by molar-refractivity contribution is 5.83. The number of carboxylic acids is 1. The Kier molecular flexibility index (Phi) is 4.11. The van der Waals surface area contributed by atoms with Crippen LogP contribution in [0.4, 0.5) is 0 Å². The highest BCUT2D eigenvalue weighted by Crippen LogP contribution is 2.31. The van der Waals surface area contributed by atoms with Gasteiger partial charge in [-0.05, 0) is 25.2 Å². The third-order valence-corrected chi connectivity index (χ3v) is 3.10. The molecule has 1 saturated carbocycles. The maximum Gasteiger partial charge on any atom is 0.303 e. The molecule has 0 bridgehead atoms. The number of aliphatic carboxylic acids is 1. The summed E-state index contributed by atoms with van der Waals surface area (Å²) in [5, 5.41) is 8.44. The molecule has 1 aliphatic carbocycles. The fourth-order valence-corrected chi connectivity index (χ4v) is 2.16. The minimum absolute atomic E-state index is 0.212. The van der Waals surface area contributed by atoms with E-state index in [1.165, 1.54) is 0 Å². The van der Waals surface area contributed by atoms with Gasteiger partial charge in [-0.2, -0.15) is 0 Å². The summed E-state index contributed by atoms with van der Waals surface area (Å²) in [5.74, 6) is 0.361. The smallest absolute Gasteiger partial charge is 0.303 e. The number of carbonyl (C=O) groups is 2. The molecule has 14 heavy (non-hydrogen) atoms. The van der Waals surface area contributed by atoms with E-state index in [-0.39, 0.29) is 12.3 Å². The van der Waals surface area contributed by atoms with Gasteiger partial charge in [0.1, 0.15) is 5.78 Å². The fourth-order valence-electron chi connectivity index (χ4n) is 2.16. The van der Waals surface area contributed by atoms with Crippen LogP contribution in [0.25, 0.3) is 0 Å². The molecule has 0 unspecified atom stereocenters. The predicted octanol–water partition coefficient (Wildman–Crippen LogP) is 2.25. The Labute approximate surface area is 84.5 Å². The molecule has 1 N–H and O–H groups in total. The van der Waals surface area contributed by atoms with Gasteiger partial charge < -0.3 is 5.11 Å². The van der Waals surface area contributed by atoms with Crippen molar-refractivity contribution >= 4 is 11.8 Å². The molecular weight excluding hydrogens is 180 g/mol. The average molecular weight is 198 g/mol. The van der Waals surface area contributed by atoms with Crippen LogP contribution in [-0.4, -0.2) is 16.9 Å². The van der Waals surface area contributed by atoms with Crippen molar-refractivity contribution in [1.29, 1.82) is 0 Å². The molecule has 2 atom stereocenters. The number of rotatable bonds is 5. The molecule has 0 aromatic heterocycles. The van der Waals surface area contributed by atoms with Crippen LogP contribution in [0.15, 0.2) is 0 Å². The normalized spacial score (nSPS) is 26.8. The number of carboxylic acid groups (broad SMARTS) is 1. The maximum atomic E-state index is 11.4. The first-order valence-electron chi connectivity index (χ1n) is 5.35. The quantitative estimate of drug-likeness (QED) is 0.689. The molecule has 0 spiro atoms. The Morgan fingerprint density at radius 1 is 1.50 bits per heavy atom. The monoisotopic (exact) mass is 198 g/mol. The van der Waals surface area contributed by atoms with Crippen LogP contribution in [0.5, 0.6) is 0 Å². The number of carbonyl (C=O) groups excluding carboxylic acids is 1. The van der Waals surface area contributed by atoms with Crippen LogP contribution in [0.3, 0.4) is 0 Å². The first-order chi connectivity index (χ1) is 6.61. The van der Waals surface area contributed by atoms with Gasteiger partial charge in [-0.1, -0.05) is 13.3 Å². The van der Waals surface area contributed by atoms with Gasteiger partial charge in [0.2, 0.25) is 0 Å². The molecule has 0 aliphatic heterocycles. The highest BCUT2D eigenvalue weighted by Gasteiger charge is 2.30. The van der Waals surface area contributed by atoms with Crippen molar-refractivity contribution in [1.82, 2.24) is 0 Å². The second-order valence-corrected chi connectivity index (χ2v) is 4.23. The first kappa shape index (κ1) is 11.2. The molecule has 3 heteroatoms. The van der Waals surface area contributed by atoms with Crippen LogP contribution in [-0.2, 0) is 9.59 Å². The van der Waals surface area contributed by atoms with Gasteiger partial charge in [-0.25, -0.2) is 0 Å². The Hall–Kier alpha value is -0.860. The predicted molar refractivity (Wildman–Crippen MR) is 53.0 cm³/mol. The number of unbranched alkanes of at least 4 members (excludes halogenated alkanes) is 1. The molecule has 0 amide bonds. The SMILES string of the molecule is C[C@H]1CCC(=O)[C@@H]1CCCCC(=O)O. The largest absolute Gasteiger partial charge is 0.481 e. The number of Topliss-reactive ketones (excluding diaryl/α,β-unsaturated/α-hetero) is 1. The van der Waals surface area contributed by atoms with Gasteiger partial charge >= 0.3 is 5.97 Å². The Bertz CT molecular complexity index is 223. The van der Waals surface area contributed by atoms with Crippen LogP contribution >= 0.6 is 0 Å². The lowest BCUT2D eigenvalue weighted by Gasteiger charge is -2.12. The van der Waals surface area contributed by atoms with Crippen molar-refractivity contribution in [2.24, 2.45) is 11.8 Å². The molecule has 3 nitrogen and oxygen atoms in total. The van der Waals surface area contributed by atoms with Crippen molar-refractivity contribution in [3.63, 3.8) is 0 Å². The lowest BCUT2D eigenvalue weighted by Crippen LogP contribution is -2.12. The number of hydrogen-bond acceptors (Lipinski definition) is 2. The molecule has 80 valence electrons. The third kappa shape index (κ3) is 3.13. The summed E-state index contributed by atoms with van der Waals surface area (Å²) >= 11 is 0. The average Bonchev–Trinajstić information content (AvgIpc) is 2.42. The summed E-state index contributed by atoms with van der Waals surface area (Å²) < 4.78 is 0. The Balaban J connectivity index is 2.17. The van der Waals surface area contributed by atoms with Crippen molar-refractivity contribution in [2.75, 3.05) is 0 Å². The first-order valence-corrected chi connectivity index (χ1v) is 5.35. The van der Waals surface area contributed by atoms with Crippen LogP contribution in [0.2, 0.25) is 0 Å². The molecule has 0 radical (unpaired) electrons. The minimum Gasteiger partial charge on any atom is -0.481 e. The summed E-state index contributed by atoms with van der Waals surface area (Å²) in [5.41, 5.74) is 0. The molecular formula is C11H18O3. The van der Waals surface area contributed by atoms with E-state index < -0.39 is 5.97 Å². The van der Waals surface area contributed by atoms with Crippen LogP contribution < -0.4 is 0 Å². The third-order valence-electron chi connectivity index (χ3n) is 3.10. The van der Waals surface area contributed by atoms with Gasteiger partial charge in [0.05, 0.1) is 0 Å². The lowest BCUT2D eigenvalue weighted by molar-refractivity contribution is -0.137. The van der Waals surface area contributed by atoms with E-state index in [0.29, 0.717) is 18.1 Å². The van der Waals surface area contributed by atoms with E-state index in [4.69, 9.17) is 5.11 Å². The summed E-state index contributed by atoms with van der Waals surface area (Å²) in [6, 6.07) is 0. The van der Waals surface area contributed by atoms with E-state index in [2.05, 4.69) is 6.92 Å². The Morgan fingerprint density at radius 2 is 2.21 bits per heavy atom. The van der Waals surface area contributed by atoms with Crippen LogP contribution in [0, 0.1) is 11.8 Å². The van der Waals surface area contributed by atoms with Gasteiger partial charge in [0, 0.05) is 18.8 Å². The van der Waals surface area contributed by atoms with Crippen molar-refractivity contribution in [3.8, 4) is 0 Å². The Morgan fingerprint density at radius 3 is 2.71 bits per heavy atom. The minimum atomic E-state index is -0.740.